The molecule has 138 valence electrons. The van der Waals surface area contributed by atoms with Crippen molar-refractivity contribution in [3.63, 3.8) is 0 Å². The molecular formula is C19H22Cl2N3O2+. The van der Waals surface area contributed by atoms with Crippen LogP contribution >= 0.6 is 23.2 Å². The molecule has 1 aliphatic rings. The number of carbonyl (C=O) groups is 1. The van der Waals surface area contributed by atoms with Gasteiger partial charge in [0.1, 0.15) is 5.75 Å². The van der Waals surface area contributed by atoms with Gasteiger partial charge in [-0.05, 0) is 37.3 Å². The average Bonchev–Trinajstić information content (AvgIpc) is 2.64. The Balaban J connectivity index is 1.59. The first kappa shape index (κ1) is 18.8. The fourth-order valence-corrected chi connectivity index (χ4v) is 3.56. The van der Waals surface area contributed by atoms with E-state index < -0.39 is 0 Å². The Labute approximate surface area is 163 Å². The van der Waals surface area contributed by atoms with Crippen LogP contribution in [0.25, 0.3) is 0 Å². The van der Waals surface area contributed by atoms with Crippen molar-refractivity contribution in [2.75, 3.05) is 36.4 Å². The zero-order chi connectivity index (χ0) is 18.7. The van der Waals surface area contributed by atoms with E-state index in [0.717, 1.165) is 31.9 Å². The van der Waals surface area contributed by atoms with Crippen molar-refractivity contribution in [2.45, 2.75) is 13.0 Å². The number of para-hydroxylation sites is 2. The van der Waals surface area contributed by atoms with E-state index >= 15 is 0 Å². The lowest BCUT2D eigenvalue weighted by molar-refractivity contribution is -0.914. The number of quaternary nitrogens is 1. The van der Waals surface area contributed by atoms with Crippen LogP contribution in [0.5, 0.6) is 5.75 Å². The van der Waals surface area contributed by atoms with Crippen molar-refractivity contribution < 1.29 is 14.8 Å². The molecular weight excluding hydrogens is 373 g/mol. The number of benzene rings is 2. The Morgan fingerprint density at radius 1 is 1.19 bits per heavy atom. The van der Waals surface area contributed by atoms with Gasteiger partial charge in [-0.1, -0.05) is 35.3 Å². The van der Waals surface area contributed by atoms with Crippen molar-refractivity contribution in [2.24, 2.45) is 0 Å². The van der Waals surface area contributed by atoms with Gasteiger partial charge >= 0.3 is 0 Å². The largest absolute Gasteiger partial charge is 0.506 e. The third-order valence-electron chi connectivity index (χ3n) is 4.82. The molecule has 1 aliphatic heterocycles. The van der Waals surface area contributed by atoms with Crippen molar-refractivity contribution >= 4 is 40.5 Å². The molecule has 3 N–H and O–H groups in total. The minimum atomic E-state index is -0.212. The number of phenols is 1. The second kappa shape index (κ2) is 8.16. The number of nitrogens with zero attached hydrogens (tertiary/aromatic N) is 1. The van der Waals surface area contributed by atoms with Crippen molar-refractivity contribution in [3.05, 3.63) is 52.5 Å². The predicted octanol–water partition coefficient (Wildman–Crippen LogP) is 2.43. The quantitative estimate of drug-likeness (QED) is 0.746. The minimum absolute atomic E-state index is 0.0832. The summed E-state index contributed by atoms with van der Waals surface area (Å²) in [6, 6.07) is 12.1. The van der Waals surface area contributed by atoms with Gasteiger partial charge in [-0.2, -0.15) is 0 Å². The van der Waals surface area contributed by atoms with E-state index in [1.54, 1.807) is 24.3 Å². The maximum Gasteiger partial charge on any atom is 0.282 e. The molecule has 2 aromatic rings. The van der Waals surface area contributed by atoms with Crippen molar-refractivity contribution in [1.29, 1.82) is 0 Å². The SMILES string of the molecule is C[C@H](C(=O)Nc1cc(Cl)ccc1Cl)[NH+]1CCN(c2ccccc2O)CC1. The van der Waals surface area contributed by atoms with Gasteiger partial charge in [0, 0.05) is 5.02 Å². The molecule has 26 heavy (non-hydrogen) atoms. The smallest absolute Gasteiger partial charge is 0.282 e. The Bertz CT molecular complexity index is 792. The molecule has 0 spiro atoms. The van der Waals surface area contributed by atoms with Gasteiger partial charge < -0.3 is 20.2 Å². The highest BCUT2D eigenvalue weighted by Crippen LogP contribution is 2.26. The average molecular weight is 395 g/mol. The molecule has 0 bridgehead atoms. The molecule has 7 heteroatoms. The van der Waals surface area contributed by atoms with Crippen LogP contribution in [0.1, 0.15) is 6.92 Å². The van der Waals surface area contributed by atoms with Gasteiger partial charge in [0.25, 0.3) is 5.91 Å². The van der Waals surface area contributed by atoms with Crippen LogP contribution in [0.15, 0.2) is 42.5 Å². The molecule has 1 atom stereocenters. The number of hydrogen-bond donors (Lipinski definition) is 3. The normalized spacial score (nSPS) is 16.3. The number of carbonyl (C=O) groups excluding carboxylic acids is 1. The highest BCUT2D eigenvalue weighted by atomic mass is 35.5. The van der Waals surface area contributed by atoms with E-state index in [4.69, 9.17) is 23.2 Å². The van der Waals surface area contributed by atoms with Crippen LogP contribution in [0, 0.1) is 0 Å². The zero-order valence-corrected chi connectivity index (χ0v) is 16.0. The summed E-state index contributed by atoms with van der Waals surface area (Å²) in [4.78, 5) is 15.9. The van der Waals surface area contributed by atoms with E-state index in [1.165, 1.54) is 4.90 Å². The first-order valence-electron chi connectivity index (χ1n) is 8.59. The fourth-order valence-electron chi connectivity index (χ4n) is 3.22. The number of aromatic hydroxyl groups is 1. The van der Waals surface area contributed by atoms with Gasteiger partial charge in [0.15, 0.2) is 6.04 Å². The topological polar surface area (TPSA) is 57.0 Å². The number of rotatable bonds is 4. The summed E-state index contributed by atoms with van der Waals surface area (Å²) in [7, 11) is 0. The Morgan fingerprint density at radius 2 is 1.88 bits per heavy atom. The molecule has 3 rings (SSSR count). The second-order valence-corrected chi connectivity index (χ2v) is 7.31. The van der Waals surface area contributed by atoms with E-state index in [-0.39, 0.29) is 17.7 Å². The van der Waals surface area contributed by atoms with E-state index in [2.05, 4.69) is 10.2 Å². The number of halogens is 2. The molecule has 2 aromatic carbocycles. The van der Waals surface area contributed by atoms with Crippen LogP contribution in [0.4, 0.5) is 11.4 Å². The molecule has 5 nitrogen and oxygen atoms in total. The first-order valence-corrected chi connectivity index (χ1v) is 9.34. The summed E-state index contributed by atoms with van der Waals surface area (Å²) >= 11 is 12.1. The van der Waals surface area contributed by atoms with Crippen molar-refractivity contribution in [1.82, 2.24) is 0 Å². The first-order chi connectivity index (χ1) is 12.5. The third-order valence-corrected chi connectivity index (χ3v) is 5.38. The number of piperazine rings is 1. The van der Waals surface area contributed by atoms with Gasteiger partial charge in [0.05, 0.1) is 42.6 Å². The molecule has 0 aliphatic carbocycles. The summed E-state index contributed by atoms with van der Waals surface area (Å²) in [6.07, 6.45) is 0. The predicted molar refractivity (Wildman–Crippen MR) is 106 cm³/mol. The Morgan fingerprint density at radius 3 is 2.58 bits per heavy atom. The number of nitrogens with one attached hydrogen (secondary N) is 2. The lowest BCUT2D eigenvalue weighted by Crippen LogP contribution is -3.19. The molecule has 0 radical (unpaired) electrons. The van der Waals surface area contributed by atoms with Crippen LogP contribution in [-0.2, 0) is 4.79 Å². The zero-order valence-electron chi connectivity index (χ0n) is 14.5. The molecule has 0 unspecified atom stereocenters. The van der Waals surface area contributed by atoms with Crippen molar-refractivity contribution in [3.8, 4) is 5.75 Å². The van der Waals surface area contributed by atoms with Crippen LogP contribution in [0.3, 0.4) is 0 Å². The van der Waals surface area contributed by atoms with Crippen LogP contribution < -0.4 is 15.1 Å². The van der Waals surface area contributed by atoms with Crippen LogP contribution in [0.2, 0.25) is 10.0 Å². The minimum Gasteiger partial charge on any atom is -0.506 e. The molecule has 0 saturated carbocycles. The Kier molecular flexibility index (Phi) is 5.91. The number of amides is 1. The van der Waals surface area contributed by atoms with E-state index in [9.17, 15) is 9.90 Å². The maximum atomic E-state index is 12.6. The second-order valence-electron chi connectivity index (χ2n) is 6.47. The highest BCUT2D eigenvalue weighted by molar-refractivity contribution is 6.35. The van der Waals surface area contributed by atoms with Crippen LogP contribution in [-0.4, -0.2) is 43.2 Å². The van der Waals surface area contributed by atoms with E-state index in [0.29, 0.717) is 15.7 Å². The number of anilines is 2. The van der Waals surface area contributed by atoms with Gasteiger partial charge in [-0.15, -0.1) is 0 Å². The van der Waals surface area contributed by atoms with Gasteiger partial charge in [-0.3, -0.25) is 4.79 Å². The Hall–Kier alpha value is -1.95. The lowest BCUT2D eigenvalue weighted by atomic mass is 10.2. The van der Waals surface area contributed by atoms with E-state index in [1.807, 2.05) is 25.1 Å². The third kappa shape index (κ3) is 4.23. The fraction of sp³-hybridized carbons (Fsp3) is 0.316. The molecule has 1 heterocycles. The summed E-state index contributed by atoms with van der Waals surface area (Å²) in [5.41, 5.74) is 1.37. The lowest BCUT2D eigenvalue weighted by Gasteiger charge is -2.36. The summed E-state index contributed by atoms with van der Waals surface area (Å²) in [5.74, 6) is 0.206. The summed E-state index contributed by atoms with van der Waals surface area (Å²) in [6.45, 7) is 5.10. The molecule has 1 saturated heterocycles. The van der Waals surface area contributed by atoms with Gasteiger partial charge in [-0.25, -0.2) is 0 Å². The molecule has 1 amide bonds. The number of hydrogen-bond acceptors (Lipinski definition) is 3. The standard InChI is InChI=1S/C19H21Cl2N3O2/c1-13(19(26)22-16-12-14(20)6-7-15(16)21)23-8-10-24(11-9-23)17-4-2-3-5-18(17)25/h2-7,12-13,25H,8-11H2,1H3,(H,22,26)/p+1/t13-/m1/s1. The monoisotopic (exact) mass is 394 g/mol. The summed E-state index contributed by atoms with van der Waals surface area (Å²) < 4.78 is 0. The number of phenolic OH excluding ortho intramolecular Hbond substituents is 1. The maximum absolute atomic E-state index is 12.6. The molecule has 1 fully saturated rings. The highest BCUT2D eigenvalue weighted by Gasteiger charge is 2.30. The summed E-state index contributed by atoms with van der Waals surface area (Å²) in [5, 5.41) is 13.9. The molecule has 0 aromatic heterocycles. The van der Waals surface area contributed by atoms with Gasteiger partial charge in [0.2, 0.25) is 0 Å².